The predicted octanol–water partition coefficient (Wildman–Crippen LogP) is 4.39. The second-order valence-electron chi connectivity index (χ2n) is 5.51. The summed E-state index contributed by atoms with van der Waals surface area (Å²) in [6.07, 6.45) is -3.63. The van der Waals surface area contributed by atoms with E-state index in [0.29, 0.717) is 5.69 Å². The number of alkyl halides is 5. The highest BCUT2D eigenvalue weighted by molar-refractivity contribution is 7.99. The third-order valence-corrected chi connectivity index (χ3v) is 4.86. The number of aromatic nitrogens is 1. The van der Waals surface area contributed by atoms with E-state index in [2.05, 4.69) is 4.98 Å². The van der Waals surface area contributed by atoms with Crippen molar-refractivity contribution in [2.24, 2.45) is 0 Å². The average Bonchev–Trinajstić information content (AvgIpc) is 2.58. The van der Waals surface area contributed by atoms with Crippen molar-refractivity contribution in [2.75, 3.05) is 18.1 Å². The van der Waals surface area contributed by atoms with Crippen LogP contribution in [-0.4, -0.2) is 56.2 Å². The molecule has 0 atom stereocenters. The maximum atomic E-state index is 12.9. The van der Waals surface area contributed by atoms with Gasteiger partial charge in [0, 0.05) is 30.2 Å². The van der Waals surface area contributed by atoms with Gasteiger partial charge in [-0.25, -0.2) is 8.78 Å². The van der Waals surface area contributed by atoms with Crippen LogP contribution in [0.2, 0.25) is 0 Å². The fourth-order valence-electron chi connectivity index (χ4n) is 2.21. The van der Waals surface area contributed by atoms with Crippen LogP contribution in [0.25, 0.3) is 0 Å². The Morgan fingerprint density at radius 2 is 2.07 bits per heavy atom. The van der Waals surface area contributed by atoms with Crippen molar-refractivity contribution in [3.8, 4) is 0 Å². The minimum Gasteiger partial charge on any atom is -0.295 e. The summed E-state index contributed by atoms with van der Waals surface area (Å²) in [5.41, 5.74) is 0.754. The molecule has 1 amide bonds. The molecule has 0 saturated carbocycles. The van der Waals surface area contributed by atoms with Crippen LogP contribution in [0.5, 0.6) is 0 Å². The zero-order chi connectivity index (χ0) is 20.0. The molecule has 4 nitrogen and oxygen atoms in total. The van der Waals surface area contributed by atoms with Gasteiger partial charge in [0.2, 0.25) is 17.8 Å². The molecule has 0 bridgehead atoms. The molecule has 2 rings (SSSR count). The molecule has 0 fully saturated rings. The molecule has 1 aromatic heterocycles. The number of carbonyl (C=O) groups is 1. The van der Waals surface area contributed by atoms with Gasteiger partial charge in [-0.1, -0.05) is 0 Å². The van der Waals surface area contributed by atoms with Crippen molar-refractivity contribution in [1.82, 2.24) is 9.88 Å². The fraction of sp³-hybridized carbons (Fsp3) is 0.438. The predicted molar refractivity (Wildman–Crippen MR) is 93.4 cm³/mol. The Kier molecular flexibility index (Phi) is 7.60. The summed E-state index contributed by atoms with van der Waals surface area (Å²) in [5.74, 6) is -0.702. The van der Waals surface area contributed by atoms with Gasteiger partial charge < -0.3 is 0 Å². The monoisotopic (exact) mass is 428 g/mol. The number of amides is 1. The zero-order valence-electron chi connectivity index (χ0n) is 13.9. The van der Waals surface area contributed by atoms with Gasteiger partial charge in [-0.05, 0) is 17.7 Å². The smallest absolute Gasteiger partial charge is 0.295 e. The summed E-state index contributed by atoms with van der Waals surface area (Å²) in [4.78, 5) is 17.1. The van der Waals surface area contributed by atoms with E-state index in [4.69, 9.17) is 11.6 Å². The van der Waals surface area contributed by atoms with Crippen molar-refractivity contribution in [3.63, 3.8) is 0 Å². The van der Waals surface area contributed by atoms with Crippen LogP contribution in [0, 0.1) is 0 Å². The molecular weight excluding hydrogens is 413 g/mol. The summed E-state index contributed by atoms with van der Waals surface area (Å²) in [6.45, 7) is -0.838. The number of allylic oxidation sites excluding steroid dienone is 1. The van der Waals surface area contributed by atoms with E-state index in [0.717, 1.165) is 16.7 Å². The molecule has 1 aliphatic heterocycles. The molecule has 0 N–H and O–H groups in total. The standard InChI is InChI=1S/C16H16ClF5N3OS/c17-15-12(9-24(15)11-2-1-5-23-8-11)25(10-13(18)19)14(26)3-6-27-7-4-16(20,21)22/h1-2,5,8-9,13H,3-4,6-7,10H2/q+1. The quantitative estimate of drug-likeness (QED) is 0.332. The Labute approximate surface area is 161 Å². The molecule has 0 saturated heterocycles. The molecule has 1 aliphatic rings. The summed E-state index contributed by atoms with van der Waals surface area (Å²) >= 11 is 7.10. The first-order chi connectivity index (χ1) is 12.7. The van der Waals surface area contributed by atoms with Crippen molar-refractivity contribution in [2.45, 2.75) is 25.4 Å². The topological polar surface area (TPSA) is 36.2 Å². The van der Waals surface area contributed by atoms with E-state index in [1.165, 1.54) is 17.0 Å². The van der Waals surface area contributed by atoms with Crippen LogP contribution in [0.1, 0.15) is 12.8 Å². The van der Waals surface area contributed by atoms with Crippen molar-refractivity contribution >= 4 is 40.1 Å². The lowest BCUT2D eigenvalue weighted by Crippen LogP contribution is -2.41. The van der Waals surface area contributed by atoms with E-state index in [-0.39, 0.29) is 28.8 Å². The molecule has 148 valence electrons. The van der Waals surface area contributed by atoms with Gasteiger partial charge in [-0.2, -0.15) is 24.9 Å². The molecule has 0 aromatic carbocycles. The lowest BCUT2D eigenvalue weighted by atomic mass is 10.2. The number of nitrogens with zero attached hydrogens (tertiary/aromatic N) is 3. The van der Waals surface area contributed by atoms with Crippen LogP contribution in [-0.2, 0) is 4.79 Å². The summed E-state index contributed by atoms with van der Waals surface area (Å²) < 4.78 is 63.5. The first kappa shape index (κ1) is 21.6. The van der Waals surface area contributed by atoms with Crippen molar-refractivity contribution in [3.05, 3.63) is 36.4 Å². The molecule has 0 unspecified atom stereocenters. The Morgan fingerprint density at radius 1 is 1.33 bits per heavy atom. The molecule has 0 radical (unpaired) electrons. The fourth-order valence-corrected chi connectivity index (χ4v) is 3.41. The second-order valence-corrected chi connectivity index (χ2v) is 7.09. The van der Waals surface area contributed by atoms with Gasteiger partial charge in [-0.3, -0.25) is 14.7 Å². The molecule has 0 spiro atoms. The number of thioether (sulfide) groups is 1. The summed E-state index contributed by atoms with van der Waals surface area (Å²) in [5, 5.41) is 0.0988. The van der Waals surface area contributed by atoms with Crippen molar-refractivity contribution in [1.29, 1.82) is 0 Å². The van der Waals surface area contributed by atoms with Gasteiger partial charge in [0.05, 0.1) is 19.2 Å². The number of pyridine rings is 1. The van der Waals surface area contributed by atoms with Gasteiger partial charge in [0.1, 0.15) is 0 Å². The minimum atomic E-state index is -4.26. The average molecular weight is 429 g/mol. The van der Waals surface area contributed by atoms with Gasteiger partial charge in [-0.15, -0.1) is 4.58 Å². The lowest BCUT2D eigenvalue weighted by Gasteiger charge is -2.25. The highest BCUT2D eigenvalue weighted by Gasteiger charge is 2.38. The highest BCUT2D eigenvalue weighted by atomic mass is 35.5. The van der Waals surface area contributed by atoms with E-state index in [9.17, 15) is 26.7 Å². The first-order valence-corrected chi connectivity index (χ1v) is 9.39. The second kappa shape index (κ2) is 9.50. The number of hydrogen-bond donors (Lipinski definition) is 0. The number of rotatable bonds is 9. The van der Waals surface area contributed by atoms with Gasteiger partial charge in [0.15, 0.2) is 5.70 Å². The maximum Gasteiger partial charge on any atom is 0.389 e. The Morgan fingerprint density at radius 3 is 2.63 bits per heavy atom. The number of halogens is 6. The Hall–Kier alpha value is -1.68. The van der Waals surface area contributed by atoms with Crippen LogP contribution in [0.4, 0.5) is 27.6 Å². The van der Waals surface area contributed by atoms with Gasteiger partial charge in [0.25, 0.3) is 6.43 Å². The van der Waals surface area contributed by atoms with Crippen LogP contribution < -0.4 is 0 Å². The molecule has 2 heterocycles. The maximum absolute atomic E-state index is 12.9. The third kappa shape index (κ3) is 6.46. The van der Waals surface area contributed by atoms with E-state index in [1.807, 2.05) is 0 Å². The Balaban J connectivity index is 1.95. The zero-order valence-corrected chi connectivity index (χ0v) is 15.5. The number of hydrogen-bond acceptors (Lipinski definition) is 3. The van der Waals surface area contributed by atoms with Crippen LogP contribution in [0.3, 0.4) is 0 Å². The van der Waals surface area contributed by atoms with Crippen LogP contribution >= 0.6 is 23.4 Å². The van der Waals surface area contributed by atoms with E-state index in [1.54, 1.807) is 18.3 Å². The van der Waals surface area contributed by atoms with Crippen LogP contribution in [0.15, 0.2) is 36.4 Å². The van der Waals surface area contributed by atoms with Crippen molar-refractivity contribution < 1.29 is 31.3 Å². The molecular formula is C16H16ClF5N3OS+. The normalized spacial score (nSPS) is 14.3. The van der Waals surface area contributed by atoms with Gasteiger partial charge >= 0.3 is 11.3 Å². The largest absolute Gasteiger partial charge is 0.389 e. The molecule has 0 aliphatic carbocycles. The molecule has 1 aromatic rings. The third-order valence-electron chi connectivity index (χ3n) is 3.50. The minimum absolute atomic E-state index is 0.0988. The molecule has 27 heavy (non-hydrogen) atoms. The highest BCUT2D eigenvalue weighted by Crippen LogP contribution is 2.27. The summed E-state index contributed by atoms with van der Waals surface area (Å²) in [7, 11) is 0. The lowest BCUT2D eigenvalue weighted by molar-refractivity contribution is -0.373. The molecule has 11 heteroatoms. The van der Waals surface area contributed by atoms with E-state index >= 15 is 0 Å². The van der Waals surface area contributed by atoms with E-state index < -0.39 is 31.5 Å². The summed E-state index contributed by atoms with van der Waals surface area (Å²) in [6, 6.07) is 3.38. The Bertz CT molecular complexity index is 725. The SMILES string of the molecule is O=C(CCSCCC(F)(F)F)N(CC(F)F)C1=C[N+](c2cccnc2)=C1Cl. The first-order valence-electron chi connectivity index (χ1n) is 7.86. The number of carbonyl (C=O) groups excluding carboxylic acids is 1.